The molecule has 2 aliphatic rings. The summed E-state index contributed by atoms with van der Waals surface area (Å²) in [4.78, 5) is 36.9. The minimum atomic E-state index is -0.139. The van der Waals surface area contributed by atoms with Crippen LogP contribution in [0.1, 0.15) is 19.3 Å². The SMILES string of the molecule is O=C(CCN1CCSC1=O)Nc1cccc(NC(=O)C2CC2)c1. The summed E-state index contributed by atoms with van der Waals surface area (Å²) in [5.74, 6) is 0.839. The standard InChI is InChI=1S/C16H19N3O3S/c20-14(6-7-19-8-9-23-16(19)22)17-12-2-1-3-13(10-12)18-15(21)11-4-5-11/h1-3,10-11H,4-9H2,(H,17,20)(H,18,21). The molecule has 1 heterocycles. The quantitative estimate of drug-likeness (QED) is 0.838. The highest BCUT2D eigenvalue weighted by Crippen LogP contribution is 2.30. The summed E-state index contributed by atoms with van der Waals surface area (Å²) in [6.07, 6.45) is 2.18. The van der Waals surface area contributed by atoms with Gasteiger partial charge in [-0.25, -0.2) is 0 Å². The molecule has 1 saturated carbocycles. The van der Waals surface area contributed by atoms with Crippen LogP contribution < -0.4 is 10.6 Å². The van der Waals surface area contributed by atoms with Gasteiger partial charge in [0.15, 0.2) is 0 Å². The third kappa shape index (κ3) is 4.48. The Bertz CT molecular complexity index is 631. The first-order valence-electron chi connectivity index (χ1n) is 7.74. The first kappa shape index (κ1) is 15.9. The summed E-state index contributed by atoms with van der Waals surface area (Å²) in [7, 11) is 0. The van der Waals surface area contributed by atoms with Gasteiger partial charge in [0.2, 0.25) is 11.8 Å². The molecule has 1 aromatic carbocycles. The fraction of sp³-hybridized carbons (Fsp3) is 0.438. The van der Waals surface area contributed by atoms with E-state index >= 15 is 0 Å². The number of thioether (sulfide) groups is 1. The van der Waals surface area contributed by atoms with Gasteiger partial charge in [-0.3, -0.25) is 14.4 Å². The number of hydrogen-bond acceptors (Lipinski definition) is 4. The largest absolute Gasteiger partial charge is 0.332 e. The minimum Gasteiger partial charge on any atom is -0.332 e. The molecule has 1 aliphatic carbocycles. The summed E-state index contributed by atoms with van der Waals surface area (Å²) in [6, 6.07) is 7.12. The zero-order valence-corrected chi connectivity index (χ0v) is 13.5. The Morgan fingerprint density at radius 2 is 1.96 bits per heavy atom. The third-order valence-electron chi connectivity index (χ3n) is 3.82. The molecule has 0 bridgehead atoms. The number of nitrogens with one attached hydrogen (secondary N) is 2. The Morgan fingerprint density at radius 1 is 1.22 bits per heavy atom. The van der Waals surface area contributed by atoms with E-state index in [2.05, 4.69) is 10.6 Å². The maximum atomic E-state index is 12.0. The Morgan fingerprint density at radius 3 is 2.61 bits per heavy atom. The summed E-state index contributed by atoms with van der Waals surface area (Å²) in [5, 5.41) is 5.70. The summed E-state index contributed by atoms with van der Waals surface area (Å²) in [6.45, 7) is 1.15. The molecule has 7 heteroatoms. The Labute approximate surface area is 139 Å². The van der Waals surface area contributed by atoms with Gasteiger partial charge >= 0.3 is 0 Å². The molecular formula is C16H19N3O3S. The van der Waals surface area contributed by atoms with E-state index in [-0.39, 0.29) is 29.4 Å². The van der Waals surface area contributed by atoms with Crippen molar-refractivity contribution in [2.45, 2.75) is 19.3 Å². The average Bonchev–Trinajstić information content (AvgIpc) is 3.29. The zero-order valence-electron chi connectivity index (χ0n) is 12.7. The van der Waals surface area contributed by atoms with Gasteiger partial charge in [0.25, 0.3) is 5.24 Å². The summed E-state index contributed by atoms with van der Waals surface area (Å²) >= 11 is 1.29. The lowest BCUT2D eigenvalue weighted by Gasteiger charge is -2.14. The summed E-state index contributed by atoms with van der Waals surface area (Å²) < 4.78 is 0. The fourth-order valence-corrected chi connectivity index (χ4v) is 3.20. The van der Waals surface area contributed by atoms with Crippen LogP contribution in [0.4, 0.5) is 16.2 Å². The molecule has 0 atom stereocenters. The van der Waals surface area contributed by atoms with E-state index in [1.807, 2.05) is 0 Å². The number of rotatable bonds is 6. The number of anilines is 2. The Kier molecular flexibility index (Phi) is 4.85. The lowest BCUT2D eigenvalue weighted by Crippen LogP contribution is -2.27. The molecule has 0 aromatic heterocycles. The highest BCUT2D eigenvalue weighted by molar-refractivity contribution is 8.13. The summed E-state index contributed by atoms with van der Waals surface area (Å²) in [5.41, 5.74) is 1.33. The second kappa shape index (κ2) is 7.04. The molecule has 0 unspecified atom stereocenters. The first-order valence-corrected chi connectivity index (χ1v) is 8.73. The van der Waals surface area contributed by atoms with E-state index in [0.717, 1.165) is 18.6 Å². The van der Waals surface area contributed by atoms with Crippen molar-refractivity contribution in [3.05, 3.63) is 24.3 Å². The van der Waals surface area contributed by atoms with Gasteiger partial charge in [0, 0.05) is 42.6 Å². The van der Waals surface area contributed by atoms with Gasteiger partial charge in [0.1, 0.15) is 0 Å². The van der Waals surface area contributed by atoms with Crippen LogP contribution in [0.5, 0.6) is 0 Å². The Balaban J connectivity index is 1.49. The van der Waals surface area contributed by atoms with Crippen LogP contribution in [0.15, 0.2) is 24.3 Å². The van der Waals surface area contributed by atoms with Crippen molar-refractivity contribution in [1.82, 2.24) is 4.90 Å². The van der Waals surface area contributed by atoms with E-state index in [1.165, 1.54) is 11.8 Å². The second-order valence-corrected chi connectivity index (χ2v) is 6.79. The van der Waals surface area contributed by atoms with Crippen LogP contribution in [0, 0.1) is 5.92 Å². The highest BCUT2D eigenvalue weighted by Gasteiger charge is 2.29. The molecule has 2 fully saturated rings. The fourth-order valence-electron chi connectivity index (χ4n) is 2.35. The van der Waals surface area contributed by atoms with Gasteiger partial charge in [0.05, 0.1) is 0 Å². The van der Waals surface area contributed by atoms with Crippen molar-refractivity contribution in [2.75, 3.05) is 29.5 Å². The van der Waals surface area contributed by atoms with Crippen LogP contribution in [0.25, 0.3) is 0 Å². The second-order valence-electron chi connectivity index (χ2n) is 5.74. The predicted molar refractivity (Wildman–Crippen MR) is 90.5 cm³/mol. The van der Waals surface area contributed by atoms with Gasteiger partial charge in [-0.2, -0.15) is 0 Å². The van der Waals surface area contributed by atoms with Crippen molar-refractivity contribution in [2.24, 2.45) is 5.92 Å². The molecule has 23 heavy (non-hydrogen) atoms. The van der Waals surface area contributed by atoms with Gasteiger partial charge in [-0.1, -0.05) is 17.8 Å². The number of carbonyl (C=O) groups is 3. The highest BCUT2D eigenvalue weighted by atomic mass is 32.2. The number of hydrogen-bond donors (Lipinski definition) is 2. The van der Waals surface area contributed by atoms with Crippen LogP contribution in [-0.2, 0) is 9.59 Å². The number of nitrogens with zero attached hydrogens (tertiary/aromatic N) is 1. The number of amides is 3. The molecule has 1 saturated heterocycles. The van der Waals surface area contributed by atoms with E-state index in [9.17, 15) is 14.4 Å². The molecule has 2 N–H and O–H groups in total. The Hall–Kier alpha value is -2.02. The first-order chi connectivity index (χ1) is 11.1. The van der Waals surface area contributed by atoms with Crippen molar-refractivity contribution in [3.63, 3.8) is 0 Å². The van der Waals surface area contributed by atoms with Crippen LogP contribution in [0.2, 0.25) is 0 Å². The monoisotopic (exact) mass is 333 g/mol. The average molecular weight is 333 g/mol. The van der Waals surface area contributed by atoms with E-state index in [1.54, 1.807) is 29.2 Å². The normalized spacial score (nSPS) is 17.2. The molecular weight excluding hydrogens is 314 g/mol. The van der Waals surface area contributed by atoms with E-state index < -0.39 is 0 Å². The molecule has 0 radical (unpaired) electrons. The molecule has 122 valence electrons. The molecule has 1 aliphatic heterocycles. The molecule has 0 spiro atoms. The van der Waals surface area contributed by atoms with Crippen molar-refractivity contribution < 1.29 is 14.4 Å². The minimum absolute atomic E-state index is 0.0403. The van der Waals surface area contributed by atoms with Crippen molar-refractivity contribution in [3.8, 4) is 0 Å². The lowest BCUT2D eigenvalue weighted by molar-refractivity contribution is -0.117. The predicted octanol–water partition coefficient (Wildman–Crippen LogP) is 2.53. The number of benzene rings is 1. The van der Waals surface area contributed by atoms with Gasteiger partial charge in [-0.15, -0.1) is 0 Å². The molecule has 3 rings (SSSR count). The van der Waals surface area contributed by atoms with Gasteiger partial charge < -0.3 is 15.5 Å². The van der Waals surface area contributed by atoms with Crippen LogP contribution in [0.3, 0.4) is 0 Å². The zero-order chi connectivity index (χ0) is 16.2. The van der Waals surface area contributed by atoms with Crippen LogP contribution in [-0.4, -0.2) is 40.8 Å². The van der Waals surface area contributed by atoms with Crippen LogP contribution >= 0.6 is 11.8 Å². The number of carbonyl (C=O) groups excluding carboxylic acids is 3. The van der Waals surface area contributed by atoms with E-state index in [4.69, 9.17) is 0 Å². The molecule has 3 amide bonds. The van der Waals surface area contributed by atoms with E-state index in [0.29, 0.717) is 24.5 Å². The smallest absolute Gasteiger partial charge is 0.281 e. The van der Waals surface area contributed by atoms with Crippen molar-refractivity contribution >= 4 is 40.2 Å². The topological polar surface area (TPSA) is 78.5 Å². The lowest BCUT2D eigenvalue weighted by atomic mass is 10.2. The third-order valence-corrected chi connectivity index (χ3v) is 4.71. The molecule has 6 nitrogen and oxygen atoms in total. The molecule has 1 aromatic rings. The van der Waals surface area contributed by atoms with Gasteiger partial charge in [-0.05, 0) is 31.0 Å². The maximum Gasteiger partial charge on any atom is 0.281 e. The van der Waals surface area contributed by atoms with Crippen molar-refractivity contribution in [1.29, 1.82) is 0 Å². The maximum absolute atomic E-state index is 12.0.